The minimum atomic E-state index is -0.211. The van der Waals surface area contributed by atoms with Crippen LogP contribution in [-0.2, 0) is 13.6 Å². The molecule has 0 unspecified atom stereocenters. The van der Waals surface area contributed by atoms with E-state index in [1.54, 1.807) is 18.3 Å². The number of halogens is 1. The van der Waals surface area contributed by atoms with Gasteiger partial charge in [0.05, 0.1) is 46.4 Å². The van der Waals surface area contributed by atoms with Crippen LogP contribution in [0.15, 0.2) is 47.5 Å². The molecule has 0 amide bonds. The average Bonchev–Trinajstić information content (AvgIpc) is 3.02. The lowest BCUT2D eigenvalue weighted by atomic mass is 9.98. The van der Waals surface area contributed by atoms with Crippen molar-refractivity contribution in [3.05, 3.63) is 63.9 Å². The summed E-state index contributed by atoms with van der Waals surface area (Å²) in [5, 5.41) is 8.62. The average molecular weight is 393 g/mol. The number of nitrogens with zero attached hydrogens (tertiary/aromatic N) is 4. The van der Waals surface area contributed by atoms with Crippen molar-refractivity contribution in [2.45, 2.75) is 6.54 Å². The lowest BCUT2D eigenvalue weighted by Gasteiger charge is -2.30. The summed E-state index contributed by atoms with van der Waals surface area (Å²) in [6.07, 6.45) is 3.47. The molecule has 140 valence electrons. The molecule has 5 rings (SSSR count). The number of aromatic amines is 1. The van der Waals surface area contributed by atoms with Crippen LogP contribution in [-0.4, -0.2) is 26.8 Å². The van der Waals surface area contributed by atoms with Gasteiger partial charge in [0.2, 0.25) is 0 Å². The van der Waals surface area contributed by atoms with E-state index in [0.717, 1.165) is 29.0 Å². The van der Waals surface area contributed by atoms with Gasteiger partial charge < -0.3 is 15.2 Å². The minimum absolute atomic E-state index is 0.211. The standard InChI is InChI=1S/C20H17ClN6O/c1-26-10-16-12(9-23-27(16)2)11-4-3-5-14(19(11)26)24-15-8-17(21)25-13-6-7-22-20(28)18(13)15/h3-9H,10H2,1-2H3,(H,22,28)(H,24,25). The molecule has 4 heterocycles. The number of aromatic nitrogens is 4. The number of para-hydroxylation sites is 1. The predicted octanol–water partition coefficient (Wildman–Crippen LogP) is 3.67. The van der Waals surface area contributed by atoms with E-state index in [4.69, 9.17) is 11.6 Å². The largest absolute Gasteiger partial charge is 0.366 e. The molecule has 0 saturated heterocycles. The molecule has 2 N–H and O–H groups in total. The van der Waals surface area contributed by atoms with Crippen LogP contribution < -0.4 is 15.8 Å². The van der Waals surface area contributed by atoms with Crippen molar-refractivity contribution in [3.8, 4) is 11.1 Å². The Hall–Kier alpha value is -3.32. The highest BCUT2D eigenvalue weighted by molar-refractivity contribution is 6.30. The molecule has 1 aromatic carbocycles. The molecule has 0 fully saturated rings. The molecule has 1 aliphatic rings. The maximum atomic E-state index is 12.4. The van der Waals surface area contributed by atoms with Crippen molar-refractivity contribution in [1.82, 2.24) is 19.7 Å². The van der Waals surface area contributed by atoms with Gasteiger partial charge >= 0.3 is 0 Å². The Bertz CT molecular complexity index is 1290. The molecule has 28 heavy (non-hydrogen) atoms. The van der Waals surface area contributed by atoms with E-state index in [-0.39, 0.29) is 5.56 Å². The molecule has 0 saturated carbocycles. The van der Waals surface area contributed by atoms with Crippen LogP contribution in [0.2, 0.25) is 5.15 Å². The molecule has 3 aromatic heterocycles. The molecule has 0 atom stereocenters. The van der Waals surface area contributed by atoms with Crippen molar-refractivity contribution in [3.63, 3.8) is 0 Å². The summed E-state index contributed by atoms with van der Waals surface area (Å²) >= 11 is 6.20. The van der Waals surface area contributed by atoms with Gasteiger partial charge in [0, 0.05) is 31.4 Å². The molecular weight excluding hydrogens is 376 g/mol. The van der Waals surface area contributed by atoms with E-state index in [0.29, 0.717) is 21.7 Å². The summed E-state index contributed by atoms with van der Waals surface area (Å²) in [4.78, 5) is 21.6. The third-order valence-electron chi connectivity index (χ3n) is 5.12. The van der Waals surface area contributed by atoms with Crippen molar-refractivity contribution in [1.29, 1.82) is 0 Å². The predicted molar refractivity (Wildman–Crippen MR) is 111 cm³/mol. The normalized spacial score (nSPS) is 12.8. The monoisotopic (exact) mass is 392 g/mol. The number of hydrogen-bond donors (Lipinski definition) is 2. The van der Waals surface area contributed by atoms with Gasteiger partial charge in [-0.1, -0.05) is 23.7 Å². The molecular formula is C20H17ClN6O. The zero-order chi connectivity index (χ0) is 19.4. The first kappa shape index (κ1) is 16.8. The summed E-state index contributed by atoms with van der Waals surface area (Å²) in [6, 6.07) is 9.49. The highest BCUT2D eigenvalue weighted by Crippen LogP contribution is 2.43. The molecule has 1 aliphatic heterocycles. The van der Waals surface area contributed by atoms with Crippen molar-refractivity contribution in [2.75, 3.05) is 17.3 Å². The van der Waals surface area contributed by atoms with Gasteiger partial charge in [0.25, 0.3) is 5.56 Å². The molecule has 0 bridgehead atoms. The second-order valence-corrected chi connectivity index (χ2v) is 7.26. The van der Waals surface area contributed by atoms with Gasteiger partial charge in [0.15, 0.2) is 0 Å². The summed E-state index contributed by atoms with van der Waals surface area (Å²) in [5.74, 6) is 0. The second kappa shape index (κ2) is 6.10. The first-order valence-corrected chi connectivity index (χ1v) is 9.21. The number of H-pyrrole nitrogens is 1. The number of aryl methyl sites for hydroxylation is 1. The zero-order valence-electron chi connectivity index (χ0n) is 15.3. The van der Waals surface area contributed by atoms with E-state index >= 15 is 0 Å². The fourth-order valence-corrected chi connectivity index (χ4v) is 4.06. The zero-order valence-corrected chi connectivity index (χ0v) is 16.1. The van der Waals surface area contributed by atoms with E-state index in [1.807, 2.05) is 37.1 Å². The van der Waals surface area contributed by atoms with Crippen LogP contribution in [0.1, 0.15) is 5.69 Å². The lowest BCUT2D eigenvalue weighted by Crippen LogP contribution is -2.24. The van der Waals surface area contributed by atoms with E-state index < -0.39 is 0 Å². The molecule has 8 heteroatoms. The SMILES string of the molecule is CN1Cc2c(cnn2C)-c2cccc(Nc3cc(Cl)nc4cc[nH]c(=O)c34)c21. The lowest BCUT2D eigenvalue weighted by molar-refractivity contribution is 0.697. The highest BCUT2D eigenvalue weighted by atomic mass is 35.5. The first-order valence-electron chi connectivity index (χ1n) is 8.83. The Kier molecular flexibility index (Phi) is 3.67. The fraction of sp³-hybridized carbons (Fsp3) is 0.150. The van der Waals surface area contributed by atoms with Gasteiger partial charge in [-0.2, -0.15) is 5.10 Å². The van der Waals surface area contributed by atoms with Gasteiger partial charge in [-0.15, -0.1) is 0 Å². The number of nitrogens with one attached hydrogen (secondary N) is 2. The van der Waals surface area contributed by atoms with Crippen molar-refractivity contribution < 1.29 is 0 Å². The Morgan fingerprint density at radius 3 is 2.89 bits per heavy atom. The summed E-state index contributed by atoms with van der Waals surface area (Å²) in [6.45, 7) is 0.746. The molecule has 4 aromatic rings. The fourth-order valence-electron chi connectivity index (χ4n) is 3.86. The van der Waals surface area contributed by atoms with Crippen LogP contribution in [0.3, 0.4) is 0 Å². The quantitative estimate of drug-likeness (QED) is 0.509. The summed E-state index contributed by atoms with van der Waals surface area (Å²) in [5.41, 5.74) is 6.28. The van der Waals surface area contributed by atoms with Crippen molar-refractivity contribution in [2.24, 2.45) is 7.05 Å². The number of fused-ring (bicyclic) bond motifs is 4. The second-order valence-electron chi connectivity index (χ2n) is 6.87. The van der Waals surface area contributed by atoms with Gasteiger partial charge in [-0.05, 0) is 18.2 Å². The topological polar surface area (TPSA) is 78.8 Å². The van der Waals surface area contributed by atoms with E-state index in [9.17, 15) is 4.79 Å². The Balaban J connectivity index is 1.70. The number of rotatable bonds is 2. The van der Waals surface area contributed by atoms with E-state index in [1.165, 1.54) is 5.69 Å². The number of pyridine rings is 2. The minimum Gasteiger partial charge on any atom is -0.366 e. The van der Waals surface area contributed by atoms with Crippen LogP contribution >= 0.6 is 11.6 Å². The molecule has 0 radical (unpaired) electrons. The first-order chi connectivity index (χ1) is 13.5. The summed E-state index contributed by atoms with van der Waals surface area (Å²) in [7, 11) is 4.00. The van der Waals surface area contributed by atoms with Crippen LogP contribution in [0.25, 0.3) is 22.0 Å². The smallest absolute Gasteiger partial charge is 0.259 e. The number of anilines is 3. The number of benzene rings is 1. The Morgan fingerprint density at radius 1 is 1.18 bits per heavy atom. The third kappa shape index (κ3) is 2.47. The molecule has 0 aliphatic carbocycles. The maximum absolute atomic E-state index is 12.4. The van der Waals surface area contributed by atoms with Gasteiger partial charge in [-0.3, -0.25) is 9.48 Å². The molecule has 0 spiro atoms. The number of hydrogen-bond acceptors (Lipinski definition) is 5. The molecule has 7 nitrogen and oxygen atoms in total. The van der Waals surface area contributed by atoms with Crippen LogP contribution in [0.5, 0.6) is 0 Å². The van der Waals surface area contributed by atoms with E-state index in [2.05, 4.69) is 31.3 Å². The Morgan fingerprint density at radius 2 is 2.04 bits per heavy atom. The van der Waals surface area contributed by atoms with Gasteiger partial charge in [-0.25, -0.2) is 4.98 Å². The van der Waals surface area contributed by atoms with Crippen molar-refractivity contribution >= 4 is 39.6 Å². The highest BCUT2D eigenvalue weighted by Gasteiger charge is 2.25. The van der Waals surface area contributed by atoms with Gasteiger partial charge in [0.1, 0.15) is 5.15 Å². The van der Waals surface area contributed by atoms with Crippen LogP contribution in [0.4, 0.5) is 17.1 Å². The maximum Gasteiger partial charge on any atom is 0.259 e. The Labute approximate surface area is 165 Å². The summed E-state index contributed by atoms with van der Waals surface area (Å²) < 4.78 is 1.91. The third-order valence-corrected chi connectivity index (χ3v) is 5.32. The van der Waals surface area contributed by atoms with Crippen LogP contribution in [0, 0.1) is 0 Å².